The van der Waals surface area contributed by atoms with Crippen molar-refractivity contribution in [1.82, 2.24) is 5.32 Å². The summed E-state index contributed by atoms with van der Waals surface area (Å²) in [6.07, 6.45) is 0. The Balaban J connectivity index is 3.14. The number of benzene rings is 1. The minimum absolute atomic E-state index is 0.112. The van der Waals surface area contributed by atoms with Gasteiger partial charge >= 0.3 is 0 Å². The molecule has 0 radical (unpaired) electrons. The second-order valence-corrected chi connectivity index (χ2v) is 3.55. The zero-order chi connectivity index (χ0) is 10.7. The number of aliphatic hydroxyl groups is 1. The first kappa shape index (κ1) is 11.4. The van der Waals surface area contributed by atoms with Crippen molar-refractivity contribution in [2.24, 2.45) is 0 Å². The maximum Gasteiger partial charge on any atom is 0.126 e. The third kappa shape index (κ3) is 2.23. The average Bonchev–Trinajstić information content (AvgIpc) is 2.15. The van der Waals surface area contributed by atoms with Gasteiger partial charge in [-0.25, -0.2) is 4.39 Å². The number of nitrogens with one attached hydrogen (secondary N) is 1. The van der Waals surface area contributed by atoms with E-state index >= 15 is 0 Å². The van der Waals surface area contributed by atoms with Crippen molar-refractivity contribution in [3.63, 3.8) is 0 Å². The summed E-state index contributed by atoms with van der Waals surface area (Å²) in [5.41, 5.74) is 1.09. The first-order chi connectivity index (χ1) is 6.60. The fourth-order valence-corrected chi connectivity index (χ4v) is 1.62. The van der Waals surface area contributed by atoms with Crippen LogP contribution in [0.3, 0.4) is 0 Å². The normalized spacial score (nSPS) is 12.9. The minimum atomic E-state index is -0.322. The zero-order valence-electron chi connectivity index (χ0n) is 8.14. The Hall–Kier alpha value is -0.640. The monoisotopic (exact) mass is 217 g/mol. The summed E-state index contributed by atoms with van der Waals surface area (Å²) in [4.78, 5) is 0. The van der Waals surface area contributed by atoms with E-state index in [0.29, 0.717) is 16.1 Å². The van der Waals surface area contributed by atoms with E-state index in [0.717, 1.165) is 0 Å². The van der Waals surface area contributed by atoms with Gasteiger partial charge in [0.2, 0.25) is 0 Å². The van der Waals surface area contributed by atoms with E-state index in [1.165, 1.54) is 6.07 Å². The molecule has 78 valence electrons. The average molecular weight is 218 g/mol. The van der Waals surface area contributed by atoms with Crippen LogP contribution in [-0.2, 0) is 0 Å². The molecule has 0 heterocycles. The number of rotatable bonds is 3. The van der Waals surface area contributed by atoms with Gasteiger partial charge in [-0.05, 0) is 37.2 Å². The van der Waals surface area contributed by atoms with Gasteiger partial charge in [0, 0.05) is 5.02 Å². The SMILES string of the molecule is CNC(CO)c1cc(F)c(C)cc1Cl. The van der Waals surface area contributed by atoms with E-state index in [1.54, 1.807) is 20.0 Å². The molecule has 0 saturated heterocycles. The summed E-state index contributed by atoms with van der Waals surface area (Å²) in [6, 6.07) is 2.60. The molecule has 0 amide bonds. The highest BCUT2D eigenvalue weighted by Gasteiger charge is 2.13. The molecule has 1 unspecified atom stereocenters. The van der Waals surface area contributed by atoms with Crippen molar-refractivity contribution in [2.75, 3.05) is 13.7 Å². The van der Waals surface area contributed by atoms with Gasteiger partial charge in [0.05, 0.1) is 12.6 Å². The molecule has 1 aromatic rings. The van der Waals surface area contributed by atoms with E-state index in [1.807, 2.05) is 0 Å². The first-order valence-electron chi connectivity index (χ1n) is 4.33. The van der Waals surface area contributed by atoms with Crippen LogP contribution in [0, 0.1) is 12.7 Å². The second kappa shape index (κ2) is 4.73. The minimum Gasteiger partial charge on any atom is -0.394 e. The molecular formula is C10H13ClFNO. The molecule has 1 rings (SSSR count). The Labute approximate surface area is 87.7 Å². The summed E-state index contributed by atoms with van der Waals surface area (Å²) in [6.45, 7) is 1.54. The third-order valence-electron chi connectivity index (χ3n) is 2.18. The van der Waals surface area contributed by atoms with Crippen LogP contribution in [0.1, 0.15) is 17.2 Å². The number of hydrogen-bond acceptors (Lipinski definition) is 2. The second-order valence-electron chi connectivity index (χ2n) is 3.15. The smallest absolute Gasteiger partial charge is 0.126 e. The molecule has 0 fully saturated rings. The zero-order valence-corrected chi connectivity index (χ0v) is 8.90. The van der Waals surface area contributed by atoms with Crippen LogP contribution in [-0.4, -0.2) is 18.8 Å². The van der Waals surface area contributed by atoms with Gasteiger partial charge in [0.1, 0.15) is 5.82 Å². The van der Waals surface area contributed by atoms with Crippen LogP contribution >= 0.6 is 11.6 Å². The van der Waals surface area contributed by atoms with Gasteiger partial charge in [-0.3, -0.25) is 0 Å². The first-order valence-corrected chi connectivity index (χ1v) is 4.71. The number of hydrogen-bond donors (Lipinski definition) is 2. The summed E-state index contributed by atoms with van der Waals surface area (Å²) < 4.78 is 13.2. The highest BCUT2D eigenvalue weighted by atomic mass is 35.5. The molecule has 0 aliphatic heterocycles. The van der Waals surface area contributed by atoms with Gasteiger partial charge < -0.3 is 10.4 Å². The molecule has 4 heteroatoms. The maximum absolute atomic E-state index is 13.2. The predicted octanol–water partition coefficient (Wildman–Crippen LogP) is 2.04. The number of aliphatic hydroxyl groups excluding tert-OH is 1. The van der Waals surface area contributed by atoms with Crippen molar-refractivity contribution in [3.8, 4) is 0 Å². The van der Waals surface area contributed by atoms with Gasteiger partial charge in [-0.2, -0.15) is 0 Å². The highest BCUT2D eigenvalue weighted by molar-refractivity contribution is 6.31. The quantitative estimate of drug-likeness (QED) is 0.812. The lowest BCUT2D eigenvalue weighted by Crippen LogP contribution is -2.20. The van der Waals surface area contributed by atoms with E-state index in [4.69, 9.17) is 16.7 Å². The Kier molecular flexibility index (Phi) is 3.86. The van der Waals surface area contributed by atoms with Crippen molar-refractivity contribution >= 4 is 11.6 Å². The van der Waals surface area contributed by atoms with Crippen molar-refractivity contribution in [3.05, 3.63) is 34.1 Å². The molecule has 0 saturated carbocycles. The standard InChI is InChI=1S/C10H13ClFNO/c1-6-3-8(11)7(4-9(6)12)10(5-14)13-2/h3-4,10,13-14H,5H2,1-2H3. The van der Waals surface area contributed by atoms with E-state index in [-0.39, 0.29) is 18.5 Å². The van der Waals surface area contributed by atoms with Crippen LogP contribution in [0.5, 0.6) is 0 Å². The molecule has 0 bridgehead atoms. The lowest BCUT2D eigenvalue weighted by atomic mass is 10.1. The highest BCUT2D eigenvalue weighted by Crippen LogP contribution is 2.25. The number of halogens is 2. The van der Waals surface area contributed by atoms with Crippen LogP contribution in [0.2, 0.25) is 5.02 Å². The van der Waals surface area contributed by atoms with E-state index in [2.05, 4.69) is 5.32 Å². The van der Waals surface area contributed by atoms with Crippen molar-refractivity contribution < 1.29 is 9.50 Å². The summed E-state index contributed by atoms with van der Waals surface area (Å²) in [5, 5.41) is 12.3. The van der Waals surface area contributed by atoms with Crippen LogP contribution in [0.25, 0.3) is 0 Å². The predicted molar refractivity (Wildman–Crippen MR) is 55.0 cm³/mol. The Morgan fingerprint density at radius 1 is 1.57 bits per heavy atom. The lowest BCUT2D eigenvalue weighted by molar-refractivity contribution is 0.250. The molecule has 14 heavy (non-hydrogen) atoms. The Morgan fingerprint density at radius 3 is 2.71 bits per heavy atom. The molecule has 0 aliphatic rings. The van der Waals surface area contributed by atoms with Gasteiger partial charge in [0.15, 0.2) is 0 Å². The topological polar surface area (TPSA) is 32.3 Å². The molecule has 2 nitrogen and oxygen atoms in total. The molecular weight excluding hydrogens is 205 g/mol. The maximum atomic E-state index is 13.2. The molecule has 0 spiro atoms. The third-order valence-corrected chi connectivity index (χ3v) is 2.51. The Bertz CT molecular complexity index is 326. The molecule has 1 atom stereocenters. The fraction of sp³-hybridized carbons (Fsp3) is 0.400. The van der Waals surface area contributed by atoms with E-state index in [9.17, 15) is 4.39 Å². The van der Waals surface area contributed by atoms with Gasteiger partial charge in [-0.1, -0.05) is 11.6 Å². The number of aryl methyl sites for hydroxylation is 1. The van der Waals surface area contributed by atoms with Crippen LogP contribution in [0.4, 0.5) is 4.39 Å². The van der Waals surface area contributed by atoms with Crippen molar-refractivity contribution in [2.45, 2.75) is 13.0 Å². The summed E-state index contributed by atoms with van der Waals surface area (Å²) in [5.74, 6) is -0.307. The Morgan fingerprint density at radius 2 is 2.21 bits per heavy atom. The lowest BCUT2D eigenvalue weighted by Gasteiger charge is -2.15. The molecule has 0 aliphatic carbocycles. The molecule has 1 aromatic carbocycles. The summed E-state index contributed by atoms with van der Waals surface area (Å²) >= 11 is 5.94. The summed E-state index contributed by atoms with van der Waals surface area (Å²) in [7, 11) is 1.69. The van der Waals surface area contributed by atoms with Gasteiger partial charge in [0.25, 0.3) is 0 Å². The largest absolute Gasteiger partial charge is 0.394 e. The van der Waals surface area contributed by atoms with Crippen molar-refractivity contribution in [1.29, 1.82) is 0 Å². The number of likely N-dealkylation sites (N-methyl/N-ethyl adjacent to an activating group) is 1. The van der Waals surface area contributed by atoms with Crippen LogP contribution in [0.15, 0.2) is 12.1 Å². The van der Waals surface area contributed by atoms with Crippen LogP contribution < -0.4 is 5.32 Å². The molecule has 0 aromatic heterocycles. The van der Waals surface area contributed by atoms with Gasteiger partial charge in [-0.15, -0.1) is 0 Å². The fourth-order valence-electron chi connectivity index (χ4n) is 1.27. The van der Waals surface area contributed by atoms with E-state index < -0.39 is 0 Å². The molecule has 2 N–H and O–H groups in total.